The second-order valence-corrected chi connectivity index (χ2v) is 5.17. The van der Waals surface area contributed by atoms with Gasteiger partial charge in [0.2, 0.25) is 5.91 Å². The third kappa shape index (κ3) is 5.83. The van der Waals surface area contributed by atoms with Crippen molar-refractivity contribution in [2.24, 2.45) is 0 Å². The topological polar surface area (TPSA) is 95.5 Å². The third-order valence-corrected chi connectivity index (χ3v) is 2.93. The number of carbonyl (C=O) groups is 3. The van der Waals surface area contributed by atoms with Gasteiger partial charge in [-0.05, 0) is 31.2 Å². The summed E-state index contributed by atoms with van der Waals surface area (Å²) in [5.74, 6) is -1.78. The molecule has 0 aliphatic heterocycles. The molecule has 0 aliphatic carbocycles. The standard InChI is InChI=1S/C13H15BrN2O4/c1-8(6-12(18)19)16-11(17)7-15-13(20)9-2-4-10(14)5-3-9/h2-5,8H,6-7H2,1H3,(H,15,20)(H,16,17)(H,18,19). The molecule has 1 aromatic carbocycles. The van der Waals surface area contributed by atoms with Crippen molar-refractivity contribution in [3.63, 3.8) is 0 Å². The van der Waals surface area contributed by atoms with Crippen LogP contribution < -0.4 is 10.6 Å². The fourth-order valence-corrected chi connectivity index (χ4v) is 1.77. The highest BCUT2D eigenvalue weighted by atomic mass is 79.9. The molecular weight excluding hydrogens is 328 g/mol. The summed E-state index contributed by atoms with van der Waals surface area (Å²) in [7, 11) is 0. The maximum absolute atomic E-state index is 11.7. The second-order valence-electron chi connectivity index (χ2n) is 4.26. The summed E-state index contributed by atoms with van der Waals surface area (Å²) in [5, 5.41) is 13.5. The minimum Gasteiger partial charge on any atom is -0.481 e. The van der Waals surface area contributed by atoms with E-state index in [2.05, 4.69) is 26.6 Å². The molecular formula is C13H15BrN2O4. The van der Waals surface area contributed by atoms with Crippen molar-refractivity contribution in [3.8, 4) is 0 Å². The van der Waals surface area contributed by atoms with E-state index in [1.165, 1.54) is 0 Å². The molecule has 2 amide bonds. The summed E-state index contributed by atoms with van der Waals surface area (Å²) in [6.45, 7) is 1.39. The average molecular weight is 343 g/mol. The Morgan fingerprint density at radius 2 is 1.85 bits per heavy atom. The van der Waals surface area contributed by atoms with Crippen LogP contribution in [0.5, 0.6) is 0 Å². The van der Waals surface area contributed by atoms with Crippen LogP contribution in [-0.4, -0.2) is 35.5 Å². The molecule has 6 nitrogen and oxygen atoms in total. The molecule has 0 aromatic heterocycles. The van der Waals surface area contributed by atoms with Crippen LogP contribution >= 0.6 is 15.9 Å². The number of carboxylic acid groups (broad SMARTS) is 1. The van der Waals surface area contributed by atoms with Crippen molar-refractivity contribution in [2.45, 2.75) is 19.4 Å². The van der Waals surface area contributed by atoms with Crippen molar-refractivity contribution in [3.05, 3.63) is 34.3 Å². The lowest BCUT2D eigenvalue weighted by atomic mass is 10.2. The van der Waals surface area contributed by atoms with Crippen molar-refractivity contribution in [2.75, 3.05) is 6.54 Å². The second kappa shape index (κ2) is 7.64. The van der Waals surface area contributed by atoms with Gasteiger partial charge in [0.1, 0.15) is 0 Å². The van der Waals surface area contributed by atoms with Crippen molar-refractivity contribution >= 4 is 33.7 Å². The zero-order valence-corrected chi connectivity index (χ0v) is 12.4. The molecule has 20 heavy (non-hydrogen) atoms. The minimum absolute atomic E-state index is 0.160. The molecule has 0 spiro atoms. The van der Waals surface area contributed by atoms with E-state index in [1.54, 1.807) is 31.2 Å². The van der Waals surface area contributed by atoms with Crippen LogP contribution in [0.25, 0.3) is 0 Å². The van der Waals surface area contributed by atoms with Gasteiger partial charge < -0.3 is 15.7 Å². The highest BCUT2D eigenvalue weighted by Gasteiger charge is 2.12. The van der Waals surface area contributed by atoms with E-state index in [0.717, 1.165) is 4.47 Å². The Morgan fingerprint density at radius 3 is 2.40 bits per heavy atom. The Bertz CT molecular complexity index is 502. The van der Waals surface area contributed by atoms with Crippen LogP contribution in [0.2, 0.25) is 0 Å². The number of benzene rings is 1. The number of hydrogen-bond donors (Lipinski definition) is 3. The molecule has 0 saturated carbocycles. The Hall–Kier alpha value is -1.89. The highest BCUT2D eigenvalue weighted by Crippen LogP contribution is 2.10. The summed E-state index contributed by atoms with van der Waals surface area (Å²) in [5.41, 5.74) is 0.444. The van der Waals surface area contributed by atoms with Crippen molar-refractivity contribution in [1.29, 1.82) is 0 Å². The number of carboxylic acids is 1. The fraction of sp³-hybridized carbons (Fsp3) is 0.308. The third-order valence-electron chi connectivity index (χ3n) is 2.40. The van der Waals surface area contributed by atoms with Crippen molar-refractivity contribution in [1.82, 2.24) is 10.6 Å². The zero-order chi connectivity index (χ0) is 15.1. The molecule has 1 unspecified atom stereocenters. The molecule has 0 fully saturated rings. The van der Waals surface area contributed by atoms with Crippen LogP contribution in [0.15, 0.2) is 28.7 Å². The van der Waals surface area contributed by atoms with Gasteiger partial charge in [0.25, 0.3) is 5.91 Å². The van der Waals surface area contributed by atoms with Gasteiger partial charge in [0, 0.05) is 16.1 Å². The van der Waals surface area contributed by atoms with Crippen LogP contribution in [0.1, 0.15) is 23.7 Å². The van der Waals surface area contributed by atoms with E-state index in [1.807, 2.05) is 0 Å². The van der Waals surface area contributed by atoms with Gasteiger partial charge in [-0.15, -0.1) is 0 Å². The Labute approximate surface area is 124 Å². The lowest BCUT2D eigenvalue weighted by Crippen LogP contribution is -2.41. The first-order valence-corrected chi connectivity index (χ1v) is 6.72. The number of amides is 2. The smallest absolute Gasteiger partial charge is 0.305 e. The molecule has 1 rings (SSSR count). The predicted octanol–water partition coefficient (Wildman–Crippen LogP) is 1.16. The molecule has 0 bridgehead atoms. The number of halogens is 1. The summed E-state index contributed by atoms with van der Waals surface area (Å²) in [4.78, 5) is 33.7. The maximum atomic E-state index is 11.7. The fourth-order valence-electron chi connectivity index (χ4n) is 1.50. The molecule has 108 valence electrons. The van der Waals surface area contributed by atoms with Gasteiger partial charge in [-0.3, -0.25) is 14.4 Å². The molecule has 1 atom stereocenters. The first-order chi connectivity index (χ1) is 9.38. The van der Waals surface area contributed by atoms with Gasteiger partial charge in [-0.2, -0.15) is 0 Å². The molecule has 0 heterocycles. The van der Waals surface area contributed by atoms with Gasteiger partial charge in [-0.1, -0.05) is 15.9 Å². The largest absolute Gasteiger partial charge is 0.481 e. The predicted molar refractivity (Wildman–Crippen MR) is 76.3 cm³/mol. The van der Waals surface area contributed by atoms with Crippen LogP contribution in [0, 0.1) is 0 Å². The quantitative estimate of drug-likeness (QED) is 0.722. The van der Waals surface area contributed by atoms with Crippen LogP contribution in [-0.2, 0) is 9.59 Å². The van der Waals surface area contributed by atoms with Gasteiger partial charge in [-0.25, -0.2) is 0 Å². The molecule has 0 radical (unpaired) electrons. The Kier molecular flexibility index (Phi) is 6.17. The number of aliphatic carboxylic acids is 1. The lowest BCUT2D eigenvalue weighted by molar-refractivity contribution is -0.137. The van der Waals surface area contributed by atoms with Gasteiger partial charge >= 0.3 is 5.97 Å². The molecule has 1 aromatic rings. The van der Waals surface area contributed by atoms with E-state index in [-0.39, 0.29) is 18.9 Å². The maximum Gasteiger partial charge on any atom is 0.305 e. The van der Waals surface area contributed by atoms with Gasteiger partial charge in [0.05, 0.1) is 13.0 Å². The number of nitrogens with one attached hydrogen (secondary N) is 2. The lowest BCUT2D eigenvalue weighted by Gasteiger charge is -2.12. The molecule has 0 aliphatic rings. The highest BCUT2D eigenvalue weighted by molar-refractivity contribution is 9.10. The summed E-state index contributed by atoms with van der Waals surface area (Å²) >= 11 is 3.26. The normalized spacial score (nSPS) is 11.5. The van der Waals surface area contributed by atoms with Crippen LogP contribution in [0.4, 0.5) is 0 Å². The Balaban J connectivity index is 2.39. The molecule has 7 heteroatoms. The first-order valence-electron chi connectivity index (χ1n) is 5.93. The number of hydrogen-bond acceptors (Lipinski definition) is 3. The molecule has 3 N–H and O–H groups in total. The van der Waals surface area contributed by atoms with Crippen LogP contribution in [0.3, 0.4) is 0 Å². The SMILES string of the molecule is CC(CC(=O)O)NC(=O)CNC(=O)c1ccc(Br)cc1. The summed E-state index contributed by atoms with van der Waals surface area (Å²) < 4.78 is 0.856. The van der Waals surface area contributed by atoms with E-state index < -0.39 is 17.9 Å². The van der Waals surface area contributed by atoms with E-state index in [4.69, 9.17) is 5.11 Å². The monoisotopic (exact) mass is 342 g/mol. The Morgan fingerprint density at radius 1 is 1.25 bits per heavy atom. The first kappa shape index (κ1) is 16.2. The summed E-state index contributed by atoms with van der Waals surface area (Å²) in [6.07, 6.45) is -0.160. The van der Waals surface area contributed by atoms with E-state index in [9.17, 15) is 14.4 Å². The number of carbonyl (C=O) groups excluding carboxylic acids is 2. The minimum atomic E-state index is -0.989. The number of rotatable bonds is 6. The average Bonchev–Trinajstić information content (AvgIpc) is 2.35. The molecule has 0 saturated heterocycles. The van der Waals surface area contributed by atoms with Gasteiger partial charge in [0.15, 0.2) is 0 Å². The van der Waals surface area contributed by atoms with E-state index in [0.29, 0.717) is 5.56 Å². The zero-order valence-electron chi connectivity index (χ0n) is 10.9. The summed E-state index contributed by atoms with van der Waals surface area (Å²) in [6, 6.07) is 6.23. The van der Waals surface area contributed by atoms with Crippen molar-refractivity contribution < 1.29 is 19.5 Å². The van der Waals surface area contributed by atoms with E-state index >= 15 is 0 Å².